The first-order valence-corrected chi connectivity index (χ1v) is 20.2. The highest BCUT2D eigenvalue weighted by Gasteiger charge is 2.34. The smallest absolute Gasteiger partial charge is 0.391 e. The van der Waals surface area contributed by atoms with Crippen molar-refractivity contribution in [3.8, 4) is 0 Å². The zero-order valence-corrected chi connectivity index (χ0v) is 35.5. The number of piperidine rings is 1. The van der Waals surface area contributed by atoms with Gasteiger partial charge < -0.3 is 20.2 Å². The molecule has 0 amide bonds. The molecular formula is C49H78F3N3O. The van der Waals surface area contributed by atoms with Gasteiger partial charge in [0.2, 0.25) is 0 Å². The number of halogens is 3. The maximum absolute atomic E-state index is 13.0. The molecule has 2 atom stereocenters. The molecule has 0 bridgehead atoms. The minimum Gasteiger partial charge on any atom is -0.391 e. The Hall–Kier alpha value is -2.87. The molecule has 316 valence electrons. The summed E-state index contributed by atoms with van der Waals surface area (Å²) < 4.78 is 38.9. The Morgan fingerprint density at radius 2 is 1.20 bits per heavy atom. The van der Waals surface area contributed by atoms with Crippen LogP contribution in [0.3, 0.4) is 0 Å². The number of nitrogens with one attached hydrogen (secondary N) is 1. The molecule has 7 heteroatoms. The van der Waals surface area contributed by atoms with Gasteiger partial charge in [0.15, 0.2) is 0 Å². The highest BCUT2D eigenvalue weighted by Crippen LogP contribution is 2.40. The van der Waals surface area contributed by atoms with Crippen LogP contribution in [0.1, 0.15) is 166 Å². The third-order valence-corrected chi connectivity index (χ3v) is 11.3. The molecular weight excluding hydrogens is 704 g/mol. The van der Waals surface area contributed by atoms with E-state index in [-0.39, 0.29) is 37.2 Å². The fraction of sp³-hybridized carbons (Fsp3) is 0.633. The van der Waals surface area contributed by atoms with Crippen LogP contribution in [0.4, 0.5) is 18.9 Å². The maximum atomic E-state index is 13.0. The SMILES string of the molecule is C.C.CN1CCC(c2ccc(C(F)(F)F)cc2C(C)(C)C)CC1.Cc1ccc(C(C)(C)C)c(C2CCCN2)c1.Cc1ccc(C(C)(C)C)c(N2CCC(O)C2)c1. The number of hydrogen-bond donors (Lipinski definition) is 2. The lowest BCUT2D eigenvalue weighted by atomic mass is 9.77. The summed E-state index contributed by atoms with van der Waals surface area (Å²) in [4.78, 5) is 4.59. The van der Waals surface area contributed by atoms with Crippen LogP contribution in [-0.2, 0) is 22.4 Å². The lowest BCUT2D eigenvalue weighted by Gasteiger charge is -2.33. The number of aryl methyl sites for hydroxylation is 2. The van der Waals surface area contributed by atoms with Gasteiger partial charge in [0.1, 0.15) is 0 Å². The Kier molecular flexibility index (Phi) is 17.4. The number of anilines is 1. The third kappa shape index (κ3) is 13.3. The highest BCUT2D eigenvalue weighted by molar-refractivity contribution is 5.59. The van der Waals surface area contributed by atoms with Crippen molar-refractivity contribution in [3.05, 3.63) is 99.1 Å². The molecule has 3 heterocycles. The van der Waals surface area contributed by atoms with Crippen molar-refractivity contribution in [2.24, 2.45) is 0 Å². The number of rotatable bonds is 3. The molecule has 0 spiro atoms. The fourth-order valence-electron chi connectivity index (χ4n) is 8.16. The molecule has 56 heavy (non-hydrogen) atoms. The van der Waals surface area contributed by atoms with Gasteiger partial charge in [-0.25, -0.2) is 0 Å². The summed E-state index contributed by atoms with van der Waals surface area (Å²) in [5.74, 6) is 0.373. The number of aliphatic hydroxyl groups is 1. The summed E-state index contributed by atoms with van der Waals surface area (Å²) in [7, 11) is 2.09. The van der Waals surface area contributed by atoms with Crippen molar-refractivity contribution in [3.63, 3.8) is 0 Å². The van der Waals surface area contributed by atoms with Crippen molar-refractivity contribution in [1.82, 2.24) is 10.2 Å². The molecule has 3 aromatic carbocycles. The molecule has 3 aliphatic rings. The molecule has 0 saturated carbocycles. The molecule has 2 unspecified atom stereocenters. The zero-order valence-electron chi connectivity index (χ0n) is 35.5. The number of likely N-dealkylation sites (tertiary alicyclic amines) is 1. The van der Waals surface area contributed by atoms with E-state index in [2.05, 4.69) is 114 Å². The molecule has 0 aromatic heterocycles. The quantitative estimate of drug-likeness (QED) is 0.278. The second-order valence-corrected chi connectivity index (χ2v) is 19.3. The molecule has 3 aliphatic heterocycles. The van der Waals surface area contributed by atoms with Gasteiger partial charge in [-0.2, -0.15) is 13.2 Å². The Labute approximate surface area is 340 Å². The van der Waals surface area contributed by atoms with Gasteiger partial charge in [-0.1, -0.05) is 119 Å². The van der Waals surface area contributed by atoms with Crippen molar-refractivity contribution in [1.29, 1.82) is 0 Å². The Morgan fingerprint density at radius 1 is 0.643 bits per heavy atom. The number of β-amino-alcohol motifs (C(OH)–C–C–N with tert-alkyl or cyclic N) is 1. The van der Waals surface area contributed by atoms with Crippen LogP contribution in [0.5, 0.6) is 0 Å². The number of alkyl halides is 3. The first-order valence-electron chi connectivity index (χ1n) is 20.2. The van der Waals surface area contributed by atoms with Crippen LogP contribution < -0.4 is 10.2 Å². The molecule has 0 aliphatic carbocycles. The van der Waals surface area contributed by atoms with E-state index in [9.17, 15) is 18.3 Å². The largest absolute Gasteiger partial charge is 0.416 e. The van der Waals surface area contributed by atoms with Gasteiger partial charge in [-0.15, -0.1) is 0 Å². The predicted octanol–water partition coefficient (Wildman–Crippen LogP) is 12.7. The normalized spacial score (nSPS) is 19.6. The lowest BCUT2D eigenvalue weighted by Crippen LogP contribution is -2.30. The van der Waals surface area contributed by atoms with Gasteiger partial charge in [0.05, 0.1) is 11.7 Å². The van der Waals surface area contributed by atoms with E-state index in [4.69, 9.17) is 0 Å². The average Bonchev–Trinajstić information content (AvgIpc) is 3.76. The van der Waals surface area contributed by atoms with Crippen molar-refractivity contribution in [2.75, 3.05) is 44.7 Å². The van der Waals surface area contributed by atoms with Gasteiger partial charge >= 0.3 is 6.18 Å². The summed E-state index contributed by atoms with van der Waals surface area (Å²) in [6.07, 6.45) is 1.08. The van der Waals surface area contributed by atoms with E-state index in [0.29, 0.717) is 12.0 Å². The molecule has 3 saturated heterocycles. The maximum Gasteiger partial charge on any atom is 0.416 e. The first-order chi connectivity index (χ1) is 24.9. The van der Waals surface area contributed by atoms with Crippen molar-refractivity contribution < 1.29 is 18.3 Å². The standard InChI is InChI=1S/C17H24F3N.C15H23NO.C15H23N.2CH4/c1-16(2,3)15-11-13(17(18,19)20)5-6-14(15)12-7-9-21(4)10-8-12;1-11-5-6-13(15(2,3)4)14(9-11)16-8-7-12(17)10-16;1-11-7-8-13(15(2,3)4)12(10-11)14-6-5-9-16-14;;/h5-6,11-12H,7-10H2,1-4H3;5-6,9,12,17H,7-8,10H2,1-4H3;7-8,10,14,16H,5-6,9H2,1-4H3;2*1H4. The third-order valence-electron chi connectivity index (χ3n) is 11.3. The van der Waals surface area contributed by atoms with Gasteiger partial charge in [-0.05, 0) is 146 Å². The van der Waals surface area contributed by atoms with Crippen LogP contribution in [-0.4, -0.2) is 55.9 Å². The Morgan fingerprint density at radius 3 is 1.68 bits per heavy atom. The second-order valence-electron chi connectivity index (χ2n) is 19.3. The number of hydrogen-bond acceptors (Lipinski definition) is 4. The number of nitrogens with zero attached hydrogens (tertiary/aromatic N) is 2. The van der Waals surface area contributed by atoms with Crippen LogP contribution in [0.15, 0.2) is 54.6 Å². The van der Waals surface area contributed by atoms with E-state index in [0.717, 1.165) is 56.6 Å². The van der Waals surface area contributed by atoms with E-state index in [1.54, 1.807) is 6.07 Å². The fourth-order valence-corrected chi connectivity index (χ4v) is 8.16. The Balaban J connectivity index is 0.000000288. The van der Waals surface area contributed by atoms with E-state index in [1.807, 2.05) is 20.8 Å². The summed E-state index contributed by atoms with van der Waals surface area (Å²) in [5, 5.41) is 13.3. The van der Waals surface area contributed by atoms with Gasteiger partial charge in [-0.3, -0.25) is 0 Å². The van der Waals surface area contributed by atoms with E-state index < -0.39 is 11.7 Å². The number of benzene rings is 3. The van der Waals surface area contributed by atoms with E-state index in [1.165, 1.54) is 65.0 Å². The van der Waals surface area contributed by atoms with Crippen molar-refractivity contribution in [2.45, 2.75) is 164 Å². The topological polar surface area (TPSA) is 38.7 Å². The summed E-state index contributed by atoms with van der Waals surface area (Å²) in [6, 6.07) is 18.4. The first kappa shape index (κ1) is 49.3. The monoisotopic (exact) mass is 782 g/mol. The summed E-state index contributed by atoms with van der Waals surface area (Å²) >= 11 is 0. The molecule has 4 nitrogen and oxygen atoms in total. The second kappa shape index (κ2) is 19.7. The van der Waals surface area contributed by atoms with Crippen LogP contribution in [0.2, 0.25) is 0 Å². The number of aliphatic hydroxyl groups excluding tert-OH is 1. The Bertz CT molecular complexity index is 1660. The molecule has 3 fully saturated rings. The minimum atomic E-state index is -4.27. The minimum absolute atomic E-state index is 0. The summed E-state index contributed by atoms with van der Waals surface area (Å²) in [6.45, 7) is 28.8. The van der Waals surface area contributed by atoms with Crippen LogP contribution >= 0.6 is 0 Å². The zero-order chi connectivity index (χ0) is 40.2. The van der Waals surface area contributed by atoms with Gasteiger partial charge in [0, 0.05) is 24.8 Å². The van der Waals surface area contributed by atoms with Crippen molar-refractivity contribution >= 4 is 5.69 Å². The van der Waals surface area contributed by atoms with Crippen LogP contribution in [0, 0.1) is 13.8 Å². The molecule has 3 aromatic rings. The van der Waals surface area contributed by atoms with E-state index >= 15 is 0 Å². The lowest BCUT2D eigenvalue weighted by molar-refractivity contribution is -0.137. The highest BCUT2D eigenvalue weighted by atomic mass is 19.4. The summed E-state index contributed by atoms with van der Waals surface area (Å²) in [5.41, 5.74) is 9.86. The van der Waals surface area contributed by atoms with Gasteiger partial charge in [0.25, 0.3) is 0 Å². The average molecular weight is 782 g/mol. The molecule has 2 N–H and O–H groups in total. The van der Waals surface area contributed by atoms with Crippen LogP contribution in [0.25, 0.3) is 0 Å². The predicted molar refractivity (Wildman–Crippen MR) is 236 cm³/mol. The molecule has 6 rings (SSSR count). The molecule has 0 radical (unpaired) electrons.